The monoisotopic (exact) mass is 273 g/mol. The van der Waals surface area contributed by atoms with Crippen molar-refractivity contribution in [2.45, 2.75) is 25.8 Å². The van der Waals surface area contributed by atoms with Crippen molar-refractivity contribution < 1.29 is 14.3 Å². The predicted molar refractivity (Wildman–Crippen MR) is 69.2 cm³/mol. The first-order valence-corrected chi connectivity index (χ1v) is 6.21. The number of halogens is 2. The third-order valence-corrected chi connectivity index (χ3v) is 2.92. The van der Waals surface area contributed by atoms with E-state index in [1.807, 2.05) is 11.9 Å². The van der Waals surface area contributed by atoms with Crippen molar-refractivity contribution in [3.05, 3.63) is 34.6 Å². The molecule has 0 atom stereocenters. The quantitative estimate of drug-likeness (QED) is 0.776. The van der Waals surface area contributed by atoms with Crippen LogP contribution >= 0.6 is 11.6 Å². The Bertz CT molecular complexity index is 412. The van der Waals surface area contributed by atoms with Gasteiger partial charge in [-0.3, -0.25) is 4.79 Å². The van der Waals surface area contributed by atoms with Gasteiger partial charge in [0, 0.05) is 13.0 Å². The number of unbranched alkanes of at least 4 members (excludes halogenated alkanes) is 1. The highest BCUT2D eigenvalue weighted by molar-refractivity contribution is 6.30. The number of nitrogens with zero attached hydrogens (tertiary/aromatic N) is 1. The first kappa shape index (κ1) is 14.9. The molecule has 0 bridgehead atoms. The average Bonchev–Trinajstić information content (AvgIpc) is 2.29. The topological polar surface area (TPSA) is 40.5 Å². The lowest BCUT2D eigenvalue weighted by atomic mass is 10.2. The van der Waals surface area contributed by atoms with E-state index < -0.39 is 11.8 Å². The second-order valence-electron chi connectivity index (χ2n) is 4.34. The van der Waals surface area contributed by atoms with E-state index >= 15 is 0 Å². The minimum atomic E-state index is -0.766. The highest BCUT2D eigenvalue weighted by atomic mass is 35.5. The molecule has 3 nitrogen and oxygen atoms in total. The number of carboxylic acid groups (broad SMARTS) is 1. The summed E-state index contributed by atoms with van der Waals surface area (Å²) in [6.45, 7) is 1.42. The van der Waals surface area contributed by atoms with Gasteiger partial charge in [-0.15, -0.1) is 0 Å². The van der Waals surface area contributed by atoms with E-state index in [0.717, 1.165) is 18.5 Å². The molecule has 0 aliphatic rings. The third kappa shape index (κ3) is 5.47. The maximum absolute atomic E-state index is 13.2. The van der Waals surface area contributed by atoms with Crippen LogP contribution in [0.4, 0.5) is 4.39 Å². The van der Waals surface area contributed by atoms with Crippen molar-refractivity contribution in [3.8, 4) is 0 Å². The van der Waals surface area contributed by atoms with E-state index in [-0.39, 0.29) is 11.4 Å². The molecule has 0 aliphatic carbocycles. The molecule has 5 heteroatoms. The average molecular weight is 274 g/mol. The van der Waals surface area contributed by atoms with Crippen molar-refractivity contribution in [1.29, 1.82) is 0 Å². The Morgan fingerprint density at radius 1 is 1.44 bits per heavy atom. The summed E-state index contributed by atoms with van der Waals surface area (Å²) >= 11 is 5.61. The summed E-state index contributed by atoms with van der Waals surface area (Å²) in [6.07, 6.45) is 1.68. The fourth-order valence-electron chi connectivity index (χ4n) is 1.69. The van der Waals surface area contributed by atoms with Gasteiger partial charge in [0.2, 0.25) is 0 Å². The van der Waals surface area contributed by atoms with Gasteiger partial charge in [-0.1, -0.05) is 17.7 Å². The molecular formula is C13H17ClFNO2. The van der Waals surface area contributed by atoms with E-state index in [2.05, 4.69) is 0 Å². The molecule has 0 saturated carbocycles. The summed E-state index contributed by atoms with van der Waals surface area (Å²) in [6, 6.07) is 4.76. The molecule has 1 rings (SSSR count). The Kier molecular flexibility index (Phi) is 6.09. The van der Waals surface area contributed by atoms with E-state index in [9.17, 15) is 9.18 Å². The first-order chi connectivity index (χ1) is 8.49. The van der Waals surface area contributed by atoms with Crippen molar-refractivity contribution in [2.24, 2.45) is 0 Å². The van der Waals surface area contributed by atoms with Gasteiger partial charge in [0.1, 0.15) is 5.82 Å². The van der Waals surface area contributed by atoms with Crippen LogP contribution in [0.3, 0.4) is 0 Å². The SMILES string of the molecule is CN(CCCCC(=O)O)Cc1ccc(Cl)c(F)c1. The van der Waals surface area contributed by atoms with Crippen LogP contribution in [-0.2, 0) is 11.3 Å². The molecule has 0 amide bonds. The van der Waals surface area contributed by atoms with Crippen LogP contribution in [-0.4, -0.2) is 29.6 Å². The molecule has 0 fully saturated rings. The lowest BCUT2D eigenvalue weighted by Crippen LogP contribution is -2.19. The molecule has 0 saturated heterocycles. The molecule has 18 heavy (non-hydrogen) atoms. The minimum Gasteiger partial charge on any atom is -0.481 e. The van der Waals surface area contributed by atoms with Crippen LogP contribution in [0.1, 0.15) is 24.8 Å². The molecular weight excluding hydrogens is 257 g/mol. The summed E-state index contributed by atoms with van der Waals surface area (Å²) in [5.41, 5.74) is 0.859. The largest absolute Gasteiger partial charge is 0.481 e. The molecule has 1 aromatic rings. The summed E-state index contributed by atoms with van der Waals surface area (Å²) in [7, 11) is 1.92. The van der Waals surface area contributed by atoms with Crippen molar-refractivity contribution in [2.75, 3.05) is 13.6 Å². The van der Waals surface area contributed by atoms with Crippen LogP contribution in [0.25, 0.3) is 0 Å². The summed E-state index contributed by atoms with van der Waals surface area (Å²) in [4.78, 5) is 12.4. The lowest BCUT2D eigenvalue weighted by molar-refractivity contribution is -0.137. The van der Waals surface area contributed by atoms with Gasteiger partial charge in [0.15, 0.2) is 0 Å². The Labute approximate surface area is 111 Å². The molecule has 0 aromatic heterocycles. The zero-order valence-electron chi connectivity index (χ0n) is 10.3. The normalized spacial score (nSPS) is 10.9. The van der Waals surface area contributed by atoms with E-state index in [1.54, 1.807) is 12.1 Å². The predicted octanol–water partition coefficient (Wildman–Crippen LogP) is 3.17. The smallest absolute Gasteiger partial charge is 0.303 e. The fraction of sp³-hybridized carbons (Fsp3) is 0.462. The van der Waals surface area contributed by atoms with Gasteiger partial charge < -0.3 is 10.0 Å². The van der Waals surface area contributed by atoms with Gasteiger partial charge in [0.05, 0.1) is 5.02 Å². The third-order valence-electron chi connectivity index (χ3n) is 2.62. The summed E-state index contributed by atoms with van der Waals surface area (Å²) < 4.78 is 13.2. The molecule has 1 aromatic carbocycles. The number of rotatable bonds is 7. The van der Waals surface area contributed by atoms with Crippen LogP contribution < -0.4 is 0 Å². The van der Waals surface area contributed by atoms with Gasteiger partial charge >= 0.3 is 5.97 Å². The summed E-state index contributed by atoms with van der Waals surface area (Å²) in [5, 5.41) is 8.63. The molecule has 0 radical (unpaired) electrons. The van der Waals surface area contributed by atoms with Gasteiger partial charge in [-0.05, 0) is 44.1 Å². The second-order valence-corrected chi connectivity index (χ2v) is 4.74. The number of hydrogen-bond acceptors (Lipinski definition) is 2. The van der Waals surface area contributed by atoms with Crippen LogP contribution in [0.2, 0.25) is 5.02 Å². The van der Waals surface area contributed by atoms with Crippen molar-refractivity contribution in [1.82, 2.24) is 4.90 Å². The molecule has 0 spiro atoms. The highest BCUT2D eigenvalue weighted by Crippen LogP contribution is 2.16. The molecule has 0 unspecified atom stereocenters. The number of hydrogen-bond donors (Lipinski definition) is 1. The Hall–Kier alpha value is -1.13. The van der Waals surface area contributed by atoms with Crippen molar-refractivity contribution in [3.63, 3.8) is 0 Å². The molecule has 0 aliphatic heterocycles. The number of carboxylic acids is 1. The van der Waals surface area contributed by atoms with E-state index in [0.29, 0.717) is 13.0 Å². The van der Waals surface area contributed by atoms with Crippen LogP contribution in [0, 0.1) is 5.82 Å². The molecule has 100 valence electrons. The maximum atomic E-state index is 13.2. The number of aliphatic carboxylic acids is 1. The maximum Gasteiger partial charge on any atom is 0.303 e. The second kappa shape index (κ2) is 7.34. The molecule has 0 heterocycles. The number of carbonyl (C=O) groups is 1. The van der Waals surface area contributed by atoms with Crippen LogP contribution in [0.5, 0.6) is 0 Å². The zero-order valence-corrected chi connectivity index (χ0v) is 11.1. The Morgan fingerprint density at radius 2 is 2.17 bits per heavy atom. The van der Waals surface area contributed by atoms with E-state index in [1.165, 1.54) is 6.07 Å². The highest BCUT2D eigenvalue weighted by Gasteiger charge is 2.04. The van der Waals surface area contributed by atoms with Gasteiger partial charge in [0.25, 0.3) is 0 Å². The van der Waals surface area contributed by atoms with E-state index in [4.69, 9.17) is 16.7 Å². The van der Waals surface area contributed by atoms with Gasteiger partial charge in [-0.25, -0.2) is 4.39 Å². The standard InChI is InChI=1S/C13H17ClFNO2/c1-16(7-3-2-4-13(17)18)9-10-5-6-11(14)12(15)8-10/h5-6,8H,2-4,7,9H2,1H3,(H,17,18). The Morgan fingerprint density at radius 3 is 2.78 bits per heavy atom. The lowest BCUT2D eigenvalue weighted by Gasteiger charge is -2.16. The van der Waals surface area contributed by atoms with Crippen LogP contribution in [0.15, 0.2) is 18.2 Å². The molecule has 1 N–H and O–H groups in total. The first-order valence-electron chi connectivity index (χ1n) is 5.83. The Balaban J connectivity index is 2.33. The summed E-state index contributed by atoms with van der Waals surface area (Å²) in [5.74, 6) is -1.18. The fourth-order valence-corrected chi connectivity index (χ4v) is 1.80. The minimum absolute atomic E-state index is 0.128. The van der Waals surface area contributed by atoms with Gasteiger partial charge in [-0.2, -0.15) is 0 Å². The van der Waals surface area contributed by atoms with Crippen molar-refractivity contribution >= 4 is 17.6 Å². The zero-order chi connectivity index (χ0) is 13.5. The number of benzene rings is 1.